The minimum atomic E-state index is 0.131. The molecule has 0 radical (unpaired) electrons. The molecule has 1 amide bonds. The number of amides is 1. The van der Waals surface area contributed by atoms with Crippen LogP contribution in [-0.4, -0.2) is 46.4 Å². The molecule has 0 unspecified atom stereocenters. The molecule has 2 aromatic rings. The summed E-state index contributed by atoms with van der Waals surface area (Å²) in [5.74, 6) is 0.131. The van der Waals surface area contributed by atoms with Gasteiger partial charge in [0.15, 0.2) is 0 Å². The second-order valence-corrected chi connectivity index (χ2v) is 6.69. The van der Waals surface area contributed by atoms with Crippen LogP contribution in [0.2, 0.25) is 0 Å². The predicted octanol–water partition coefficient (Wildman–Crippen LogP) is 2.80. The summed E-state index contributed by atoms with van der Waals surface area (Å²) in [5.41, 5.74) is 3.92. The molecule has 1 saturated heterocycles. The van der Waals surface area contributed by atoms with Crippen molar-refractivity contribution in [2.45, 2.75) is 26.4 Å². The van der Waals surface area contributed by atoms with Gasteiger partial charge in [0.05, 0.1) is 11.2 Å². The molecule has 5 heteroatoms. The number of benzene rings is 1. The van der Waals surface area contributed by atoms with E-state index in [1.54, 1.807) is 5.51 Å². The highest BCUT2D eigenvalue weighted by molar-refractivity contribution is 7.11. The quantitative estimate of drug-likeness (QED) is 0.874. The predicted molar refractivity (Wildman–Crippen MR) is 89.1 cm³/mol. The highest BCUT2D eigenvalue weighted by atomic mass is 32.1. The molecule has 0 saturated carbocycles. The van der Waals surface area contributed by atoms with Crippen molar-refractivity contribution in [2.24, 2.45) is 0 Å². The fraction of sp³-hybridized carbons (Fsp3) is 0.412. The molecule has 0 aliphatic carbocycles. The lowest BCUT2D eigenvalue weighted by Crippen LogP contribution is -2.53. The Hall–Kier alpha value is -1.72. The summed E-state index contributed by atoms with van der Waals surface area (Å²) in [6, 6.07) is 10.7. The molecule has 0 spiro atoms. The summed E-state index contributed by atoms with van der Waals surface area (Å²) in [5, 5.41) is 0. The van der Waals surface area contributed by atoms with Crippen LogP contribution in [0.1, 0.15) is 27.9 Å². The summed E-state index contributed by atoms with van der Waals surface area (Å²) in [6.45, 7) is 7.60. The molecule has 1 aromatic carbocycles. The minimum Gasteiger partial charge on any atom is -0.333 e. The first-order valence-corrected chi connectivity index (χ1v) is 8.50. The van der Waals surface area contributed by atoms with E-state index in [0.29, 0.717) is 0 Å². The van der Waals surface area contributed by atoms with E-state index in [2.05, 4.69) is 41.1 Å². The van der Waals surface area contributed by atoms with Crippen LogP contribution in [0.4, 0.5) is 0 Å². The number of aromatic nitrogens is 1. The average Bonchev–Trinajstić information content (AvgIpc) is 2.94. The highest BCUT2D eigenvalue weighted by Gasteiger charge is 2.29. The fourth-order valence-corrected chi connectivity index (χ4v) is 3.72. The van der Waals surface area contributed by atoms with E-state index in [0.717, 1.165) is 36.8 Å². The zero-order valence-electron chi connectivity index (χ0n) is 13.0. The zero-order chi connectivity index (χ0) is 15.5. The van der Waals surface area contributed by atoms with Gasteiger partial charge in [-0.3, -0.25) is 9.69 Å². The van der Waals surface area contributed by atoms with Crippen molar-refractivity contribution in [3.8, 4) is 0 Å². The molecule has 0 N–H and O–H groups in total. The first-order chi connectivity index (χ1) is 10.6. The van der Waals surface area contributed by atoms with E-state index in [1.165, 1.54) is 16.9 Å². The standard InChI is InChI=1S/C17H21N3OS/c1-13-10-19(11-15-6-4-3-5-7-15)8-9-20(13)17(21)16-14(2)18-12-22-16/h3-7,12-13H,8-11H2,1-2H3/t13-/m0/s1. The second-order valence-electron chi connectivity index (χ2n) is 5.84. The van der Waals surface area contributed by atoms with Crippen molar-refractivity contribution in [1.82, 2.24) is 14.8 Å². The van der Waals surface area contributed by atoms with E-state index in [9.17, 15) is 4.79 Å². The van der Waals surface area contributed by atoms with E-state index >= 15 is 0 Å². The van der Waals surface area contributed by atoms with E-state index < -0.39 is 0 Å². The van der Waals surface area contributed by atoms with Crippen molar-refractivity contribution >= 4 is 17.2 Å². The number of hydrogen-bond donors (Lipinski definition) is 0. The summed E-state index contributed by atoms with van der Waals surface area (Å²) in [4.78, 5) is 22.0. The third kappa shape index (κ3) is 3.20. The van der Waals surface area contributed by atoms with Gasteiger partial charge >= 0.3 is 0 Å². The molecule has 3 rings (SSSR count). The Morgan fingerprint density at radius 2 is 2.09 bits per heavy atom. The van der Waals surface area contributed by atoms with Gasteiger partial charge < -0.3 is 4.90 Å². The van der Waals surface area contributed by atoms with Gasteiger partial charge in [0, 0.05) is 32.2 Å². The first kappa shape index (κ1) is 15.2. The van der Waals surface area contributed by atoms with Crippen molar-refractivity contribution in [2.75, 3.05) is 19.6 Å². The number of rotatable bonds is 3. The van der Waals surface area contributed by atoms with Crippen molar-refractivity contribution in [3.05, 3.63) is 52.0 Å². The van der Waals surface area contributed by atoms with Gasteiger partial charge in [-0.05, 0) is 19.4 Å². The van der Waals surface area contributed by atoms with Crippen molar-refractivity contribution < 1.29 is 4.79 Å². The molecular formula is C17H21N3OS. The van der Waals surface area contributed by atoms with Crippen molar-refractivity contribution in [3.63, 3.8) is 0 Å². The molecule has 22 heavy (non-hydrogen) atoms. The van der Waals surface area contributed by atoms with Gasteiger partial charge in [-0.15, -0.1) is 11.3 Å². The average molecular weight is 315 g/mol. The zero-order valence-corrected chi connectivity index (χ0v) is 13.8. The topological polar surface area (TPSA) is 36.4 Å². The largest absolute Gasteiger partial charge is 0.333 e. The molecular weight excluding hydrogens is 294 g/mol. The van der Waals surface area contributed by atoms with E-state index in [-0.39, 0.29) is 11.9 Å². The van der Waals surface area contributed by atoms with Gasteiger partial charge in [-0.25, -0.2) is 4.98 Å². The van der Waals surface area contributed by atoms with Crippen LogP contribution in [0.3, 0.4) is 0 Å². The number of nitrogens with zero attached hydrogens (tertiary/aromatic N) is 3. The lowest BCUT2D eigenvalue weighted by Gasteiger charge is -2.39. The van der Waals surface area contributed by atoms with Gasteiger partial charge in [0.2, 0.25) is 0 Å². The molecule has 2 heterocycles. The maximum absolute atomic E-state index is 12.6. The van der Waals surface area contributed by atoms with Crippen LogP contribution >= 0.6 is 11.3 Å². The fourth-order valence-electron chi connectivity index (χ4n) is 2.96. The second kappa shape index (κ2) is 6.58. The number of thiazole rings is 1. The number of aryl methyl sites for hydroxylation is 1. The number of carbonyl (C=O) groups is 1. The maximum Gasteiger partial charge on any atom is 0.266 e. The molecule has 1 aliphatic heterocycles. The third-order valence-electron chi connectivity index (χ3n) is 4.16. The Morgan fingerprint density at radius 1 is 1.32 bits per heavy atom. The molecule has 1 aromatic heterocycles. The minimum absolute atomic E-state index is 0.131. The molecule has 0 bridgehead atoms. The lowest BCUT2D eigenvalue weighted by atomic mass is 10.1. The van der Waals surface area contributed by atoms with E-state index in [4.69, 9.17) is 0 Å². The molecule has 4 nitrogen and oxygen atoms in total. The van der Waals surface area contributed by atoms with Gasteiger partial charge in [-0.1, -0.05) is 30.3 Å². The smallest absolute Gasteiger partial charge is 0.266 e. The Balaban J connectivity index is 1.63. The van der Waals surface area contributed by atoms with Gasteiger partial charge in [0.25, 0.3) is 5.91 Å². The maximum atomic E-state index is 12.6. The highest BCUT2D eigenvalue weighted by Crippen LogP contribution is 2.20. The summed E-state index contributed by atoms with van der Waals surface area (Å²) < 4.78 is 0. The molecule has 1 aliphatic rings. The summed E-state index contributed by atoms with van der Waals surface area (Å²) in [7, 11) is 0. The van der Waals surface area contributed by atoms with Gasteiger partial charge in [-0.2, -0.15) is 0 Å². The van der Waals surface area contributed by atoms with Crippen LogP contribution in [0.25, 0.3) is 0 Å². The number of piperazine rings is 1. The molecule has 1 fully saturated rings. The Kier molecular flexibility index (Phi) is 4.55. The first-order valence-electron chi connectivity index (χ1n) is 7.62. The van der Waals surface area contributed by atoms with Crippen LogP contribution < -0.4 is 0 Å². The van der Waals surface area contributed by atoms with Gasteiger partial charge in [0.1, 0.15) is 4.88 Å². The number of carbonyl (C=O) groups excluding carboxylic acids is 1. The van der Waals surface area contributed by atoms with Crippen LogP contribution in [0.5, 0.6) is 0 Å². The van der Waals surface area contributed by atoms with Crippen LogP contribution in [0, 0.1) is 6.92 Å². The van der Waals surface area contributed by atoms with E-state index in [1.807, 2.05) is 17.9 Å². The Bertz CT molecular complexity index is 640. The SMILES string of the molecule is Cc1ncsc1C(=O)N1CCN(Cc2ccccc2)C[C@@H]1C. The van der Waals surface area contributed by atoms with Crippen molar-refractivity contribution in [1.29, 1.82) is 0 Å². The lowest BCUT2D eigenvalue weighted by molar-refractivity contribution is 0.0479. The Labute approximate surface area is 135 Å². The Morgan fingerprint density at radius 3 is 2.73 bits per heavy atom. The number of hydrogen-bond acceptors (Lipinski definition) is 4. The van der Waals surface area contributed by atoms with Crippen LogP contribution in [0.15, 0.2) is 35.8 Å². The molecule has 1 atom stereocenters. The summed E-state index contributed by atoms with van der Waals surface area (Å²) in [6.07, 6.45) is 0. The summed E-state index contributed by atoms with van der Waals surface area (Å²) >= 11 is 1.44. The monoisotopic (exact) mass is 315 g/mol. The molecule has 116 valence electrons. The normalized spacial score (nSPS) is 19.4. The third-order valence-corrected chi connectivity index (χ3v) is 5.08. The van der Waals surface area contributed by atoms with Crippen LogP contribution in [-0.2, 0) is 6.54 Å².